The van der Waals surface area contributed by atoms with Crippen LogP contribution in [0, 0.1) is 3.57 Å². The van der Waals surface area contributed by atoms with Crippen molar-refractivity contribution in [3.63, 3.8) is 0 Å². The Hall–Kier alpha value is -0.300. The highest BCUT2D eigenvalue weighted by Crippen LogP contribution is 2.28. The van der Waals surface area contributed by atoms with Crippen molar-refractivity contribution in [2.75, 3.05) is 7.11 Å². The Morgan fingerprint density at radius 1 is 1.62 bits per heavy atom. The third-order valence-electron chi connectivity index (χ3n) is 1.44. The summed E-state index contributed by atoms with van der Waals surface area (Å²) in [7, 11) is 1.58. The number of halogens is 2. The van der Waals surface area contributed by atoms with Gasteiger partial charge in [0.15, 0.2) is 0 Å². The minimum atomic E-state index is 0.710. The molecule has 0 fully saturated rings. The molecule has 1 N–H and O–H groups in total. The van der Waals surface area contributed by atoms with Crippen LogP contribution < -0.4 is 4.74 Å². The zero-order valence-corrected chi connectivity index (χ0v) is 10.5. The molecule has 5 heteroatoms. The minimum absolute atomic E-state index is 0.710. The SMILES string of the molecule is COc1c(I)cc(Br)cc1C=NO. The molecule has 0 spiro atoms. The number of nitrogens with zero attached hydrogens (tertiary/aromatic N) is 1. The van der Waals surface area contributed by atoms with E-state index in [4.69, 9.17) is 9.94 Å². The third-order valence-corrected chi connectivity index (χ3v) is 2.70. The van der Waals surface area contributed by atoms with Crippen LogP contribution in [0.25, 0.3) is 0 Å². The smallest absolute Gasteiger partial charge is 0.141 e. The predicted molar refractivity (Wildman–Crippen MR) is 62.8 cm³/mol. The van der Waals surface area contributed by atoms with Gasteiger partial charge in [0.05, 0.1) is 16.9 Å². The summed E-state index contributed by atoms with van der Waals surface area (Å²) in [5.41, 5.74) is 0.740. The van der Waals surface area contributed by atoms with Gasteiger partial charge in [-0.3, -0.25) is 0 Å². The molecule has 0 aliphatic heterocycles. The Morgan fingerprint density at radius 3 is 2.85 bits per heavy atom. The van der Waals surface area contributed by atoms with E-state index in [1.165, 1.54) is 6.21 Å². The highest BCUT2D eigenvalue weighted by Gasteiger charge is 2.06. The summed E-state index contributed by atoms with van der Waals surface area (Å²) >= 11 is 5.50. The molecule has 0 saturated heterocycles. The molecular formula is C8H7BrINO2. The molecule has 0 aromatic heterocycles. The summed E-state index contributed by atoms with van der Waals surface area (Å²) in [5.74, 6) is 0.710. The molecule has 13 heavy (non-hydrogen) atoms. The van der Waals surface area contributed by atoms with Gasteiger partial charge >= 0.3 is 0 Å². The van der Waals surface area contributed by atoms with E-state index >= 15 is 0 Å². The first kappa shape index (κ1) is 10.8. The van der Waals surface area contributed by atoms with Gasteiger partial charge in [0.25, 0.3) is 0 Å². The Labute approximate surface area is 98.0 Å². The lowest BCUT2D eigenvalue weighted by Crippen LogP contribution is -1.94. The highest BCUT2D eigenvalue weighted by molar-refractivity contribution is 14.1. The van der Waals surface area contributed by atoms with Gasteiger partial charge < -0.3 is 9.94 Å². The average molecular weight is 356 g/mol. The topological polar surface area (TPSA) is 41.8 Å². The van der Waals surface area contributed by atoms with Crippen LogP contribution in [0.3, 0.4) is 0 Å². The fraction of sp³-hybridized carbons (Fsp3) is 0.125. The summed E-state index contributed by atoms with van der Waals surface area (Å²) in [6, 6.07) is 3.74. The number of benzene rings is 1. The molecule has 1 aromatic carbocycles. The van der Waals surface area contributed by atoms with Crippen LogP contribution in [0.1, 0.15) is 5.56 Å². The van der Waals surface area contributed by atoms with Crippen molar-refractivity contribution in [3.05, 3.63) is 25.7 Å². The van der Waals surface area contributed by atoms with Crippen LogP contribution in [0.4, 0.5) is 0 Å². The summed E-state index contributed by atoms with van der Waals surface area (Å²) in [6.07, 6.45) is 1.34. The average Bonchev–Trinajstić information content (AvgIpc) is 2.04. The van der Waals surface area contributed by atoms with E-state index in [1.807, 2.05) is 12.1 Å². The van der Waals surface area contributed by atoms with E-state index in [9.17, 15) is 0 Å². The summed E-state index contributed by atoms with van der Waals surface area (Å²) < 4.78 is 7.04. The molecule has 0 unspecified atom stereocenters. The van der Waals surface area contributed by atoms with Crippen LogP contribution in [-0.2, 0) is 0 Å². The molecule has 0 radical (unpaired) electrons. The number of hydrogen-bond donors (Lipinski definition) is 1. The Morgan fingerprint density at radius 2 is 2.31 bits per heavy atom. The molecule has 0 bridgehead atoms. The largest absolute Gasteiger partial charge is 0.495 e. The number of hydrogen-bond acceptors (Lipinski definition) is 3. The fourth-order valence-electron chi connectivity index (χ4n) is 0.954. The second-order valence-corrected chi connectivity index (χ2v) is 4.33. The first-order valence-corrected chi connectivity index (χ1v) is 5.26. The van der Waals surface area contributed by atoms with E-state index in [-0.39, 0.29) is 0 Å². The van der Waals surface area contributed by atoms with Gasteiger partial charge in [-0.1, -0.05) is 21.1 Å². The molecule has 0 aliphatic carbocycles. The molecule has 1 rings (SSSR count). The lowest BCUT2D eigenvalue weighted by Gasteiger charge is -2.06. The predicted octanol–water partition coefficient (Wildman–Crippen LogP) is 2.87. The van der Waals surface area contributed by atoms with Gasteiger partial charge in [-0.2, -0.15) is 0 Å². The van der Waals surface area contributed by atoms with Crippen LogP contribution in [-0.4, -0.2) is 18.5 Å². The minimum Gasteiger partial charge on any atom is -0.495 e. The van der Waals surface area contributed by atoms with E-state index in [1.54, 1.807) is 7.11 Å². The normalized spacial score (nSPS) is 10.7. The van der Waals surface area contributed by atoms with Crippen molar-refractivity contribution in [1.29, 1.82) is 0 Å². The first-order valence-electron chi connectivity index (χ1n) is 3.39. The highest BCUT2D eigenvalue weighted by atomic mass is 127. The van der Waals surface area contributed by atoms with Gasteiger partial charge in [0.1, 0.15) is 5.75 Å². The maximum atomic E-state index is 8.42. The van der Waals surface area contributed by atoms with Gasteiger partial charge in [0.2, 0.25) is 0 Å². The van der Waals surface area contributed by atoms with Crippen molar-refractivity contribution in [2.24, 2.45) is 5.16 Å². The number of ether oxygens (including phenoxy) is 1. The molecule has 0 saturated carbocycles. The molecule has 0 aliphatic rings. The van der Waals surface area contributed by atoms with Crippen molar-refractivity contribution >= 4 is 44.7 Å². The van der Waals surface area contributed by atoms with E-state index < -0.39 is 0 Å². The van der Waals surface area contributed by atoms with E-state index in [0.717, 1.165) is 13.6 Å². The second kappa shape index (κ2) is 4.80. The second-order valence-electron chi connectivity index (χ2n) is 2.25. The molecule has 0 atom stereocenters. The quantitative estimate of drug-likeness (QED) is 0.383. The van der Waals surface area contributed by atoms with Crippen LogP contribution >= 0.6 is 38.5 Å². The summed E-state index contributed by atoms with van der Waals surface area (Å²) in [6.45, 7) is 0. The summed E-state index contributed by atoms with van der Waals surface area (Å²) in [5, 5.41) is 11.4. The number of rotatable bonds is 2. The van der Waals surface area contributed by atoms with E-state index in [2.05, 4.69) is 43.7 Å². The standard InChI is InChI=1S/C8H7BrINO2/c1-13-8-5(4-11-12)2-6(9)3-7(8)10/h2-4,12H,1H3. The molecular weight excluding hydrogens is 349 g/mol. The van der Waals surface area contributed by atoms with Crippen molar-refractivity contribution in [2.45, 2.75) is 0 Å². The number of methoxy groups -OCH3 is 1. The van der Waals surface area contributed by atoms with Crippen LogP contribution in [0.5, 0.6) is 5.75 Å². The van der Waals surface area contributed by atoms with Gasteiger partial charge in [-0.05, 0) is 34.7 Å². The molecule has 0 heterocycles. The van der Waals surface area contributed by atoms with Gasteiger partial charge in [-0.15, -0.1) is 0 Å². The fourth-order valence-corrected chi connectivity index (χ4v) is 2.72. The van der Waals surface area contributed by atoms with Crippen LogP contribution in [0.2, 0.25) is 0 Å². The summed E-state index contributed by atoms with van der Waals surface area (Å²) in [4.78, 5) is 0. The van der Waals surface area contributed by atoms with Crippen molar-refractivity contribution in [3.8, 4) is 5.75 Å². The zero-order chi connectivity index (χ0) is 9.84. The molecule has 0 amide bonds. The van der Waals surface area contributed by atoms with Crippen molar-refractivity contribution in [1.82, 2.24) is 0 Å². The Kier molecular flexibility index (Phi) is 3.98. The maximum Gasteiger partial charge on any atom is 0.141 e. The van der Waals surface area contributed by atoms with Crippen LogP contribution in [0.15, 0.2) is 21.8 Å². The Bertz CT molecular complexity index is 341. The monoisotopic (exact) mass is 355 g/mol. The maximum absolute atomic E-state index is 8.42. The molecule has 70 valence electrons. The third kappa shape index (κ3) is 2.57. The molecule has 1 aromatic rings. The first-order chi connectivity index (χ1) is 6.19. The van der Waals surface area contributed by atoms with Gasteiger partial charge in [-0.25, -0.2) is 0 Å². The Balaban J connectivity index is 3.29. The number of oxime groups is 1. The lowest BCUT2D eigenvalue weighted by molar-refractivity contribution is 0.321. The molecule has 3 nitrogen and oxygen atoms in total. The lowest BCUT2D eigenvalue weighted by atomic mass is 10.2. The van der Waals surface area contributed by atoms with Crippen molar-refractivity contribution < 1.29 is 9.94 Å². The van der Waals surface area contributed by atoms with Gasteiger partial charge in [0, 0.05) is 10.0 Å². The zero-order valence-electron chi connectivity index (χ0n) is 6.79. The van der Waals surface area contributed by atoms with E-state index in [0.29, 0.717) is 5.75 Å².